The van der Waals surface area contributed by atoms with Crippen LogP contribution in [-0.4, -0.2) is 63.0 Å². The third-order valence-corrected chi connectivity index (χ3v) is 4.81. The fourth-order valence-electron chi connectivity index (χ4n) is 1.76. The summed E-state index contributed by atoms with van der Waals surface area (Å²) in [5.41, 5.74) is 0. The maximum atomic E-state index is 11.5. The Morgan fingerprint density at radius 2 is 2.19 bits per heavy atom. The van der Waals surface area contributed by atoms with Crippen molar-refractivity contribution in [1.82, 2.24) is 4.90 Å². The van der Waals surface area contributed by atoms with E-state index in [1.165, 1.54) is 0 Å². The van der Waals surface area contributed by atoms with Crippen molar-refractivity contribution in [3.63, 3.8) is 0 Å². The van der Waals surface area contributed by atoms with Crippen LogP contribution in [0.2, 0.25) is 0 Å². The van der Waals surface area contributed by atoms with Gasteiger partial charge in [-0.3, -0.25) is 4.90 Å². The van der Waals surface area contributed by atoms with E-state index >= 15 is 0 Å². The van der Waals surface area contributed by atoms with Gasteiger partial charge in [-0.1, -0.05) is 6.92 Å². The summed E-state index contributed by atoms with van der Waals surface area (Å²) in [6.45, 7) is 4.67. The van der Waals surface area contributed by atoms with Crippen molar-refractivity contribution in [1.29, 1.82) is 0 Å². The molecule has 0 saturated carbocycles. The Labute approximate surface area is 103 Å². The quantitative estimate of drug-likeness (QED) is 0.668. The molecule has 0 bridgehead atoms. The third kappa shape index (κ3) is 4.99. The van der Waals surface area contributed by atoms with Crippen LogP contribution in [0.4, 0.5) is 0 Å². The van der Waals surface area contributed by atoms with Gasteiger partial charge in [-0.25, -0.2) is 8.42 Å². The minimum absolute atomic E-state index is 0.0456. The number of rotatable bonds is 6. The third-order valence-electron chi connectivity index (χ3n) is 2.63. The zero-order valence-electron chi connectivity index (χ0n) is 9.69. The van der Waals surface area contributed by atoms with Crippen LogP contribution in [0.5, 0.6) is 0 Å². The summed E-state index contributed by atoms with van der Waals surface area (Å²) < 4.78 is 28.5. The minimum atomic E-state index is -2.87. The van der Waals surface area contributed by atoms with Crippen LogP contribution >= 0.6 is 11.6 Å². The van der Waals surface area contributed by atoms with Crippen molar-refractivity contribution in [2.45, 2.75) is 19.4 Å². The first-order valence-corrected chi connectivity index (χ1v) is 8.03. The highest BCUT2D eigenvalue weighted by atomic mass is 35.5. The van der Waals surface area contributed by atoms with Crippen molar-refractivity contribution >= 4 is 21.4 Å². The maximum absolute atomic E-state index is 11.5. The molecule has 96 valence electrons. The molecule has 1 fully saturated rings. The van der Waals surface area contributed by atoms with Crippen molar-refractivity contribution in [2.75, 3.05) is 43.6 Å². The SMILES string of the molecule is CCCS(=O)(=O)CCN1CCOC(CCl)C1. The predicted octanol–water partition coefficient (Wildman–Crippen LogP) is 0.751. The van der Waals surface area contributed by atoms with E-state index in [2.05, 4.69) is 4.90 Å². The number of hydrogen-bond acceptors (Lipinski definition) is 4. The first-order chi connectivity index (χ1) is 7.57. The highest BCUT2D eigenvalue weighted by Crippen LogP contribution is 2.07. The van der Waals surface area contributed by atoms with Crippen LogP contribution < -0.4 is 0 Å². The lowest BCUT2D eigenvalue weighted by molar-refractivity contribution is -0.0141. The van der Waals surface area contributed by atoms with Crippen LogP contribution in [0.15, 0.2) is 0 Å². The first-order valence-electron chi connectivity index (χ1n) is 5.67. The van der Waals surface area contributed by atoms with E-state index in [-0.39, 0.29) is 17.6 Å². The Bertz CT molecular complexity index is 294. The lowest BCUT2D eigenvalue weighted by atomic mass is 10.3. The molecule has 1 atom stereocenters. The molecule has 0 radical (unpaired) electrons. The molecule has 0 amide bonds. The average molecular weight is 270 g/mol. The number of ether oxygens (including phenoxy) is 1. The molecule has 1 aliphatic rings. The molecular weight excluding hydrogens is 250 g/mol. The van der Waals surface area contributed by atoms with E-state index in [4.69, 9.17) is 16.3 Å². The molecule has 4 nitrogen and oxygen atoms in total. The highest BCUT2D eigenvalue weighted by Gasteiger charge is 2.21. The van der Waals surface area contributed by atoms with Gasteiger partial charge in [0, 0.05) is 31.3 Å². The second-order valence-corrected chi connectivity index (χ2v) is 6.71. The Morgan fingerprint density at radius 1 is 1.44 bits per heavy atom. The standard InChI is InChI=1S/C10H20ClNO3S/c1-2-6-16(13,14)7-4-12-3-5-15-10(8-11)9-12/h10H,2-9H2,1H3. The molecule has 0 aromatic rings. The van der Waals surface area contributed by atoms with Gasteiger partial charge in [0.05, 0.1) is 18.5 Å². The molecular formula is C10H20ClNO3S. The van der Waals surface area contributed by atoms with Gasteiger partial charge in [0.2, 0.25) is 0 Å². The Balaban J connectivity index is 2.32. The summed E-state index contributed by atoms with van der Waals surface area (Å²) in [4.78, 5) is 2.11. The molecule has 0 aromatic carbocycles. The molecule has 1 rings (SSSR count). The second kappa shape index (κ2) is 6.79. The smallest absolute Gasteiger partial charge is 0.151 e. The number of alkyl halides is 1. The summed E-state index contributed by atoms with van der Waals surface area (Å²) in [7, 11) is -2.87. The molecule has 1 unspecified atom stereocenters. The second-order valence-electron chi connectivity index (χ2n) is 4.10. The number of nitrogens with zero attached hydrogens (tertiary/aromatic N) is 1. The zero-order chi connectivity index (χ0) is 12.0. The van der Waals surface area contributed by atoms with Crippen LogP contribution in [0.3, 0.4) is 0 Å². The fourth-order valence-corrected chi connectivity index (χ4v) is 3.31. The van der Waals surface area contributed by atoms with Crippen LogP contribution in [0.25, 0.3) is 0 Å². The zero-order valence-corrected chi connectivity index (χ0v) is 11.3. The van der Waals surface area contributed by atoms with Gasteiger partial charge in [0.1, 0.15) is 0 Å². The van der Waals surface area contributed by atoms with Crippen LogP contribution in [0.1, 0.15) is 13.3 Å². The molecule has 0 spiro atoms. The summed E-state index contributed by atoms with van der Waals surface area (Å²) in [6.07, 6.45) is 0.736. The normalized spacial score (nSPS) is 23.5. The molecule has 1 heterocycles. The van der Waals surface area contributed by atoms with Crippen molar-refractivity contribution in [2.24, 2.45) is 0 Å². The van der Waals surface area contributed by atoms with Crippen LogP contribution in [-0.2, 0) is 14.6 Å². The van der Waals surface area contributed by atoms with Gasteiger partial charge in [-0.2, -0.15) is 0 Å². The monoisotopic (exact) mass is 269 g/mol. The summed E-state index contributed by atoms with van der Waals surface area (Å²) in [6, 6.07) is 0. The number of hydrogen-bond donors (Lipinski definition) is 0. The predicted molar refractivity (Wildman–Crippen MR) is 65.8 cm³/mol. The van der Waals surface area contributed by atoms with Crippen molar-refractivity contribution < 1.29 is 13.2 Å². The van der Waals surface area contributed by atoms with E-state index in [1.54, 1.807) is 0 Å². The molecule has 16 heavy (non-hydrogen) atoms. The Kier molecular flexibility index (Phi) is 6.03. The van der Waals surface area contributed by atoms with Gasteiger partial charge >= 0.3 is 0 Å². The van der Waals surface area contributed by atoms with Crippen LogP contribution in [0, 0.1) is 0 Å². The number of halogens is 1. The van der Waals surface area contributed by atoms with Crippen molar-refractivity contribution in [3.8, 4) is 0 Å². The fraction of sp³-hybridized carbons (Fsp3) is 1.00. The van der Waals surface area contributed by atoms with Crippen molar-refractivity contribution in [3.05, 3.63) is 0 Å². The largest absolute Gasteiger partial charge is 0.374 e. The lowest BCUT2D eigenvalue weighted by Gasteiger charge is -2.31. The number of morpholine rings is 1. The van der Waals surface area contributed by atoms with E-state index in [1.807, 2.05) is 6.92 Å². The number of sulfone groups is 1. The van der Waals surface area contributed by atoms with E-state index < -0.39 is 9.84 Å². The van der Waals surface area contributed by atoms with Gasteiger partial charge < -0.3 is 4.74 Å². The maximum Gasteiger partial charge on any atom is 0.151 e. The van der Waals surface area contributed by atoms with E-state index in [0.717, 1.165) is 13.1 Å². The highest BCUT2D eigenvalue weighted by molar-refractivity contribution is 7.91. The van der Waals surface area contributed by atoms with Gasteiger partial charge in [-0.15, -0.1) is 11.6 Å². The minimum Gasteiger partial charge on any atom is -0.374 e. The van der Waals surface area contributed by atoms with E-state index in [0.29, 0.717) is 25.5 Å². The summed E-state index contributed by atoms with van der Waals surface area (Å²) in [5, 5.41) is 0. The molecule has 0 aromatic heterocycles. The molecule has 0 N–H and O–H groups in total. The first kappa shape index (κ1) is 14.2. The molecule has 6 heteroatoms. The van der Waals surface area contributed by atoms with Gasteiger partial charge in [0.25, 0.3) is 0 Å². The van der Waals surface area contributed by atoms with E-state index in [9.17, 15) is 8.42 Å². The average Bonchev–Trinajstić information content (AvgIpc) is 2.27. The summed E-state index contributed by atoms with van der Waals surface area (Å²) in [5.74, 6) is 1.00. The lowest BCUT2D eigenvalue weighted by Crippen LogP contribution is -2.45. The van der Waals surface area contributed by atoms with Gasteiger partial charge in [-0.05, 0) is 6.42 Å². The summed E-state index contributed by atoms with van der Waals surface area (Å²) >= 11 is 5.72. The molecule has 1 aliphatic heterocycles. The Morgan fingerprint density at radius 3 is 2.81 bits per heavy atom. The Hall–Kier alpha value is 0.160. The van der Waals surface area contributed by atoms with Gasteiger partial charge in [0.15, 0.2) is 9.84 Å². The topological polar surface area (TPSA) is 46.6 Å². The molecule has 1 saturated heterocycles. The molecule has 0 aliphatic carbocycles.